The highest BCUT2D eigenvalue weighted by atomic mass is 127. The van der Waals surface area contributed by atoms with Crippen LogP contribution in [0.25, 0.3) is 0 Å². The molecule has 0 saturated heterocycles. The summed E-state index contributed by atoms with van der Waals surface area (Å²) >= 11 is 2.18. The highest BCUT2D eigenvalue weighted by Gasteiger charge is 2.18. The number of nitrogens with zero attached hydrogens (tertiary/aromatic N) is 1. The van der Waals surface area contributed by atoms with E-state index in [1.807, 2.05) is 26.0 Å². The van der Waals surface area contributed by atoms with Crippen molar-refractivity contribution in [3.8, 4) is 0 Å². The number of nitrogens with one attached hydrogen (secondary N) is 1. The zero-order valence-electron chi connectivity index (χ0n) is 9.87. The lowest BCUT2D eigenvalue weighted by Crippen LogP contribution is -2.39. The van der Waals surface area contributed by atoms with Crippen molar-refractivity contribution in [2.75, 3.05) is 18.4 Å². The van der Waals surface area contributed by atoms with Gasteiger partial charge in [-0.15, -0.1) is 0 Å². The summed E-state index contributed by atoms with van der Waals surface area (Å²) in [5.74, 6) is -1.08. The number of likely N-dealkylation sites (N-methyl/N-ethyl adjacent to an activating group) is 1. The van der Waals surface area contributed by atoms with Crippen molar-refractivity contribution >= 4 is 40.1 Å². The number of rotatable bonds is 3. The highest BCUT2D eigenvalue weighted by molar-refractivity contribution is 14.1. The Morgan fingerprint density at radius 3 is 2.18 bits per heavy atom. The zero-order valence-corrected chi connectivity index (χ0v) is 12.0. The molecule has 0 atom stereocenters. The van der Waals surface area contributed by atoms with Crippen LogP contribution in [0.5, 0.6) is 0 Å². The van der Waals surface area contributed by atoms with Crippen molar-refractivity contribution in [1.82, 2.24) is 4.90 Å². The van der Waals surface area contributed by atoms with Crippen molar-refractivity contribution in [2.24, 2.45) is 0 Å². The molecule has 0 aliphatic heterocycles. The maximum Gasteiger partial charge on any atom is 0.313 e. The molecule has 0 saturated carbocycles. The van der Waals surface area contributed by atoms with E-state index in [4.69, 9.17) is 0 Å². The minimum absolute atomic E-state index is 0.492. The Morgan fingerprint density at radius 1 is 1.18 bits per heavy atom. The third kappa shape index (κ3) is 3.99. The van der Waals surface area contributed by atoms with Gasteiger partial charge in [0.2, 0.25) is 0 Å². The number of benzene rings is 1. The lowest BCUT2D eigenvalue weighted by molar-refractivity contribution is -0.142. The molecule has 1 aromatic rings. The van der Waals surface area contributed by atoms with Gasteiger partial charge < -0.3 is 10.2 Å². The van der Waals surface area contributed by atoms with E-state index in [2.05, 4.69) is 27.9 Å². The Morgan fingerprint density at radius 2 is 1.71 bits per heavy atom. The average Bonchev–Trinajstić information content (AvgIpc) is 2.33. The molecule has 92 valence electrons. The van der Waals surface area contributed by atoms with Crippen LogP contribution in [-0.2, 0) is 9.59 Å². The SMILES string of the molecule is CCN(CC)C(=O)C(=O)Nc1ccc(I)cc1. The quantitative estimate of drug-likeness (QED) is 0.673. The normalized spacial score (nSPS) is 9.82. The molecular weight excluding hydrogens is 331 g/mol. The van der Waals surface area contributed by atoms with Gasteiger partial charge in [0.15, 0.2) is 0 Å². The van der Waals surface area contributed by atoms with Gasteiger partial charge in [0.25, 0.3) is 0 Å². The van der Waals surface area contributed by atoms with E-state index in [1.54, 1.807) is 12.1 Å². The second-order valence-corrected chi connectivity index (χ2v) is 4.68. The standard InChI is InChI=1S/C12H15IN2O2/c1-3-15(4-2)12(17)11(16)14-10-7-5-9(13)6-8-10/h5-8H,3-4H2,1-2H3,(H,14,16). The van der Waals surface area contributed by atoms with E-state index in [0.29, 0.717) is 18.8 Å². The highest BCUT2D eigenvalue weighted by Crippen LogP contribution is 2.11. The van der Waals surface area contributed by atoms with Crippen LogP contribution in [0.2, 0.25) is 0 Å². The molecule has 0 aliphatic carbocycles. The van der Waals surface area contributed by atoms with Crippen LogP contribution >= 0.6 is 22.6 Å². The van der Waals surface area contributed by atoms with Crippen molar-refractivity contribution in [1.29, 1.82) is 0 Å². The van der Waals surface area contributed by atoms with Gasteiger partial charge in [0, 0.05) is 22.3 Å². The number of hydrogen-bond donors (Lipinski definition) is 1. The maximum atomic E-state index is 11.7. The summed E-state index contributed by atoms with van der Waals surface area (Å²) in [6.07, 6.45) is 0. The monoisotopic (exact) mass is 346 g/mol. The fraction of sp³-hybridized carbons (Fsp3) is 0.333. The number of carbonyl (C=O) groups is 2. The summed E-state index contributed by atoms with van der Waals surface area (Å²) in [5, 5.41) is 2.58. The molecule has 5 heteroatoms. The van der Waals surface area contributed by atoms with Crippen LogP contribution < -0.4 is 5.32 Å². The first-order valence-electron chi connectivity index (χ1n) is 5.44. The second kappa shape index (κ2) is 6.58. The van der Waals surface area contributed by atoms with Crippen LogP contribution in [0.4, 0.5) is 5.69 Å². The lowest BCUT2D eigenvalue weighted by atomic mass is 10.3. The van der Waals surface area contributed by atoms with E-state index in [0.717, 1.165) is 3.57 Å². The van der Waals surface area contributed by atoms with E-state index in [-0.39, 0.29) is 0 Å². The van der Waals surface area contributed by atoms with Crippen molar-refractivity contribution in [3.05, 3.63) is 27.8 Å². The Labute approximate surface area is 115 Å². The molecule has 1 N–H and O–H groups in total. The molecule has 0 aliphatic rings. The first kappa shape index (κ1) is 14.0. The Kier molecular flexibility index (Phi) is 5.40. The Balaban J connectivity index is 2.66. The number of hydrogen-bond acceptors (Lipinski definition) is 2. The fourth-order valence-corrected chi connectivity index (χ4v) is 1.73. The molecule has 0 spiro atoms. The fourth-order valence-electron chi connectivity index (χ4n) is 1.37. The van der Waals surface area contributed by atoms with Crippen LogP contribution in [0.3, 0.4) is 0 Å². The van der Waals surface area contributed by atoms with Gasteiger partial charge in [-0.05, 0) is 60.7 Å². The summed E-state index contributed by atoms with van der Waals surface area (Å²) in [4.78, 5) is 24.8. The molecule has 0 unspecified atom stereocenters. The largest absolute Gasteiger partial charge is 0.335 e. The minimum atomic E-state index is -0.588. The molecule has 0 bridgehead atoms. The Hall–Kier alpha value is -1.11. The summed E-state index contributed by atoms with van der Waals surface area (Å²) < 4.78 is 1.08. The maximum absolute atomic E-state index is 11.7. The van der Waals surface area contributed by atoms with E-state index in [9.17, 15) is 9.59 Å². The molecule has 2 amide bonds. The second-order valence-electron chi connectivity index (χ2n) is 3.44. The van der Waals surface area contributed by atoms with Gasteiger partial charge in [-0.2, -0.15) is 0 Å². The summed E-state index contributed by atoms with van der Waals surface area (Å²) in [7, 11) is 0. The van der Waals surface area contributed by atoms with Crippen molar-refractivity contribution in [2.45, 2.75) is 13.8 Å². The first-order chi connectivity index (χ1) is 8.08. The Bertz CT molecular complexity index is 399. The molecular formula is C12H15IN2O2. The van der Waals surface area contributed by atoms with Crippen LogP contribution in [0, 0.1) is 3.57 Å². The summed E-state index contributed by atoms with van der Waals surface area (Å²) in [6.45, 7) is 4.77. The topological polar surface area (TPSA) is 49.4 Å². The first-order valence-corrected chi connectivity index (χ1v) is 6.52. The van der Waals surface area contributed by atoms with E-state index in [1.165, 1.54) is 4.90 Å². The number of amides is 2. The predicted molar refractivity (Wildman–Crippen MR) is 75.7 cm³/mol. The van der Waals surface area contributed by atoms with Gasteiger partial charge in [-0.3, -0.25) is 9.59 Å². The molecule has 4 nitrogen and oxygen atoms in total. The molecule has 0 heterocycles. The third-order valence-corrected chi connectivity index (χ3v) is 3.07. The average molecular weight is 346 g/mol. The van der Waals surface area contributed by atoms with Gasteiger partial charge >= 0.3 is 11.8 Å². The molecule has 0 radical (unpaired) electrons. The van der Waals surface area contributed by atoms with Crippen molar-refractivity contribution < 1.29 is 9.59 Å². The predicted octanol–water partition coefficient (Wildman–Crippen LogP) is 2.10. The van der Waals surface area contributed by atoms with Crippen LogP contribution in [-0.4, -0.2) is 29.8 Å². The van der Waals surface area contributed by atoms with Gasteiger partial charge in [0.05, 0.1) is 0 Å². The van der Waals surface area contributed by atoms with Gasteiger partial charge in [0.1, 0.15) is 0 Å². The van der Waals surface area contributed by atoms with Crippen LogP contribution in [0.15, 0.2) is 24.3 Å². The molecule has 1 aromatic carbocycles. The lowest BCUT2D eigenvalue weighted by Gasteiger charge is -2.17. The number of halogens is 1. The smallest absolute Gasteiger partial charge is 0.313 e. The third-order valence-electron chi connectivity index (χ3n) is 2.35. The van der Waals surface area contributed by atoms with E-state index < -0.39 is 11.8 Å². The van der Waals surface area contributed by atoms with Crippen LogP contribution in [0.1, 0.15) is 13.8 Å². The minimum Gasteiger partial charge on any atom is -0.335 e. The van der Waals surface area contributed by atoms with Gasteiger partial charge in [-0.25, -0.2) is 0 Å². The molecule has 0 fully saturated rings. The van der Waals surface area contributed by atoms with E-state index >= 15 is 0 Å². The summed E-state index contributed by atoms with van der Waals surface area (Å²) in [6, 6.07) is 7.29. The molecule has 1 rings (SSSR count). The number of carbonyl (C=O) groups excluding carboxylic acids is 2. The molecule has 17 heavy (non-hydrogen) atoms. The molecule has 0 aromatic heterocycles. The van der Waals surface area contributed by atoms with Gasteiger partial charge in [-0.1, -0.05) is 0 Å². The summed E-state index contributed by atoms with van der Waals surface area (Å²) in [5.41, 5.74) is 0.635. The zero-order chi connectivity index (χ0) is 12.8. The van der Waals surface area contributed by atoms with Crippen molar-refractivity contribution in [3.63, 3.8) is 0 Å². The number of anilines is 1.